The molecule has 0 heteroatoms. The van der Waals surface area contributed by atoms with E-state index in [2.05, 4.69) is 33.1 Å². The van der Waals surface area contributed by atoms with Crippen LogP contribution in [0, 0.1) is 0 Å². The third kappa shape index (κ3) is 5.65. The Labute approximate surface area is 70.3 Å². The predicted octanol–water partition coefficient (Wildman–Crippen LogP) is 3.87. The van der Waals surface area contributed by atoms with E-state index in [1.807, 2.05) is 6.08 Å². The predicted molar refractivity (Wildman–Crippen MR) is 52.6 cm³/mol. The van der Waals surface area contributed by atoms with Gasteiger partial charge in [-0.2, -0.15) is 0 Å². The van der Waals surface area contributed by atoms with Crippen LogP contribution in [-0.4, -0.2) is 0 Å². The summed E-state index contributed by atoms with van der Waals surface area (Å²) in [4.78, 5) is 0. The zero-order valence-electron chi connectivity index (χ0n) is 7.69. The molecular formula is C11H18. The van der Waals surface area contributed by atoms with Crippen LogP contribution in [0.15, 0.2) is 36.5 Å². The fourth-order valence-corrected chi connectivity index (χ4v) is 0.885. The maximum absolute atomic E-state index is 3.84. The van der Waals surface area contributed by atoms with Gasteiger partial charge in [-0.15, -0.1) is 0 Å². The third-order valence-electron chi connectivity index (χ3n) is 1.65. The second kappa shape index (κ2) is 5.96. The van der Waals surface area contributed by atoms with E-state index in [0.29, 0.717) is 0 Å². The zero-order valence-corrected chi connectivity index (χ0v) is 7.69. The summed E-state index contributed by atoms with van der Waals surface area (Å²) in [5, 5.41) is 0. The molecule has 0 rings (SSSR count). The van der Waals surface area contributed by atoms with Gasteiger partial charge in [0.15, 0.2) is 0 Å². The molecule has 0 aromatic heterocycles. The van der Waals surface area contributed by atoms with Crippen LogP contribution < -0.4 is 0 Å². The zero-order chi connectivity index (χ0) is 8.69. The highest BCUT2D eigenvalue weighted by molar-refractivity contribution is 5.16. The summed E-state index contributed by atoms with van der Waals surface area (Å²) in [6, 6.07) is 0. The molecule has 0 aliphatic carbocycles. The van der Waals surface area contributed by atoms with Gasteiger partial charge in [0.2, 0.25) is 0 Å². The van der Waals surface area contributed by atoms with Crippen LogP contribution in [0.3, 0.4) is 0 Å². The lowest BCUT2D eigenvalue weighted by Crippen LogP contribution is -1.77. The Kier molecular flexibility index (Phi) is 5.54. The van der Waals surface area contributed by atoms with Crippen LogP contribution in [0.2, 0.25) is 0 Å². The molecule has 0 fully saturated rings. The molecule has 0 aromatic rings. The van der Waals surface area contributed by atoms with Crippen LogP contribution in [0.5, 0.6) is 0 Å². The molecule has 62 valence electrons. The maximum Gasteiger partial charge on any atom is -0.0101 e. The first-order valence-electron chi connectivity index (χ1n) is 4.16. The van der Waals surface area contributed by atoms with Gasteiger partial charge in [0.25, 0.3) is 0 Å². The summed E-state index contributed by atoms with van der Waals surface area (Å²) >= 11 is 0. The van der Waals surface area contributed by atoms with Gasteiger partial charge in [-0.1, -0.05) is 49.8 Å². The van der Waals surface area contributed by atoms with Crippen LogP contribution in [0.1, 0.15) is 33.1 Å². The highest BCUT2D eigenvalue weighted by atomic mass is 13.9. The first-order valence-corrected chi connectivity index (χ1v) is 4.16. The van der Waals surface area contributed by atoms with Gasteiger partial charge in [0, 0.05) is 0 Å². The highest BCUT2D eigenvalue weighted by Gasteiger charge is 1.87. The number of hydrogen-bond donors (Lipinski definition) is 0. The Balaban J connectivity index is 3.71. The fraction of sp³-hybridized carbons (Fsp3) is 0.455. The maximum atomic E-state index is 3.84. The molecule has 0 saturated heterocycles. The van der Waals surface area contributed by atoms with Gasteiger partial charge in [-0.25, -0.2) is 0 Å². The summed E-state index contributed by atoms with van der Waals surface area (Å²) < 4.78 is 0. The van der Waals surface area contributed by atoms with Crippen LogP contribution >= 0.6 is 0 Å². The summed E-state index contributed by atoms with van der Waals surface area (Å²) in [5.74, 6) is 0. The molecule has 0 aromatic carbocycles. The molecule has 0 aliphatic rings. The van der Waals surface area contributed by atoms with Crippen molar-refractivity contribution in [3.8, 4) is 0 Å². The Bertz CT molecular complexity index is 161. The van der Waals surface area contributed by atoms with Gasteiger partial charge in [0.05, 0.1) is 0 Å². The SMILES string of the molecule is C=CC(=C)CC=C(C)CCC. The van der Waals surface area contributed by atoms with E-state index in [1.165, 1.54) is 18.4 Å². The number of rotatable bonds is 5. The van der Waals surface area contributed by atoms with E-state index in [9.17, 15) is 0 Å². The van der Waals surface area contributed by atoms with Crippen molar-refractivity contribution in [1.82, 2.24) is 0 Å². The van der Waals surface area contributed by atoms with Crippen LogP contribution in [0.4, 0.5) is 0 Å². The first kappa shape index (κ1) is 10.2. The van der Waals surface area contributed by atoms with E-state index >= 15 is 0 Å². The second-order valence-electron chi connectivity index (χ2n) is 2.87. The molecule has 0 nitrogen and oxygen atoms in total. The molecule has 11 heavy (non-hydrogen) atoms. The van der Waals surface area contributed by atoms with Crippen molar-refractivity contribution in [3.05, 3.63) is 36.5 Å². The molecule has 0 aliphatic heterocycles. The summed E-state index contributed by atoms with van der Waals surface area (Å²) in [5.41, 5.74) is 2.55. The van der Waals surface area contributed by atoms with Gasteiger partial charge < -0.3 is 0 Å². The standard InChI is InChI=1S/C11H18/c1-5-7-11(4)9-8-10(3)6-2/h6,9H,2-3,5,7-8H2,1,4H3. The van der Waals surface area contributed by atoms with Gasteiger partial charge >= 0.3 is 0 Å². The van der Waals surface area contributed by atoms with Gasteiger partial charge in [-0.05, 0) is 19.8 Å². The fourth-order valence-electron chi connectivity index (χ4n) is 0.885. The van der Waals surface area contributed by atoms with Crippen molar-refractivity contribution in [1.29, 1.82) is 0 Å². The van der Waals surface area contributed by atoms with E-state index < -0.39 is 0 Å². The molecule has 0 N–H and O–H groups in total. The van der Waals surface area contributed by atoms with Crippen LogP contribution in [0.25, 0.3) is 0 Å². The van der Waals surface area contributed by atoms with Crippen molar-refractivity contribution < 1.29 is 0 Å². The lowest BCUT2D eigenvalue weighted by Gasteiger charge is -1.97. The molecular weight excluding hydrogens is 132 g/mol. The minimum absolute atomic E-state index is 0.954. The average molecular weight is 150 g/mol. The summed E-state index contributed by atoms with van der Waals surface area (Å²) in [7, 11) is 0. The van der Waals surface area contributed by atoms with Crippen molar-refractivity contribution in [3.63, 3.8) is 0 Å². The smallest absolute Gasteiger partial charge is 0.0101 e. The summed E-state index contributed by atoms with van der Waals surface area (Å²) in [6.07, 6.45) is 7.42. The van der Waals surface area contributed by atoms with Crippen molar-refractivity contribution in [2.45, 2.75) is 33.1 Å². The number of hydrogen-bond acceptors (Lipinski definition) is 0. The largest absolute Gasteiger partial charge is 0.0988 e. The Morgan fingerprint density at radius 2 is 2.09 bits per heavy atom. The van der Waals surface area contributed by atoms with E-state index in [-0.39, 0.29) is 0 Å². The van der Waals surface area contributed by atoms with Gasteiger partial charge in [-0.3, -0.25) is 0 Å². The Morgan fingerprint density at radius 3 is 2.55 bits per heavy atom. The van der Waals surface area contributed by atoms with Crippen molar-refractivity contribution >= 4 is 0 Å². The normalized spacial score (nSPS) is 11.3. The van der Waals surface area contributed by atoms with Gasteiger partial charge in [0.1, 0.15) is 0 Å². The second-order valence-corrected chi connectivity index (χ2v) is 2.87. The van der Waals surface area contributed by atoms with Crippen molar-refractivity contribution in [2.75, 3.05) is 0 Å². The van der Waals surface area contributed by atoms with E-state index in [4.69, 9.17) is 0 Å². The molecule has 0 radical (unpaired) electrons. The monoisotopic (exact) mass is 150 g/mol. The topological polar surface area (TPSA) is 0 Å². The average Bonchev–Trinajstić information content (AvgIpc) is 2.01. The molecule has 0 bridgehead atoms. The lowest BCUT2D eigenvalue weighted by atomic mass is 10.1. The molecule has 0 amide bonds. The quantitative estimate of drug-likeness (QED) is 0.412. The molecule has 0 heterocycles. The minimum Gasteiger partial charge on any atom is -0.0988 e. The van der Waals surface area contributed by atoms with Crippen LogP contribution in [-0.2, 0) is 0 Å². The molecule has 0 atom stereocenters. The highest BCUT2D eigenvalue weighted by Crippen LogP contribution is 2.07. The number of allylic oxidation sites excluding steroid dienone is 4. The lowest BCUT2D eigenvalue weighted by molar-refractivity contribution is 0.898. The molecule has 0 saturated carbocycles. The molecule has 0 spiro atoms. The Hall–Kier alpha value is -0.780. The molecule has 0 unspecified atom stereocenters. The first-order chi connectivity index (χ1) is 5.20. The van der Waals surface area contributed by atoms with E-state index in [0.717, 1.165) is 12.0 Å². The Morgan fingerprint density at radius 1 is 1.45 bits per heavy atom. The van der Waals surface area contributed by atoms with E-state index in [1.54, 1.807) is 0 Å². The van der Waals surface area contributed by atoms with Crippen molar-refractivity contribution in [2.24, 2.45) is 0 Å². The third-order valence-corrected chi connectivity index (χ3v) is 1.65. The summed E-state index contributed by atoms with van der Waals surface area (Å²) in [6.45, 7) is 11.9. The minimum atomic E-state index is 0.954.